The van der Waals surface area contributed by atoms with E-state index in [-0.39, 0.29) is 0 Å². The van der Waals surface area contributed by atoms with E-state index in [9.17, 15) is 4.79 Å². The molecule has 0 radical (unpaired) electrons. The molecule has 0 aromatic heterocycles. The molecule has 0 bridgehead atoms. The molecule has 3 nitrogen and oxygen atoms in total. The molecule has 0 saturated carbocycles. The van der Waals surface area contributed by atoms with Crippen LogP contribution in [0.1, 0.15) is 55.3 Å². The van der Waals surface area contributed by atoms with Crippen molar-refractivity contribution in [3.8, 4) is 0 Å². The predicted molar refractivity (Wildman–Crippen MR) is 85.5 cm³/mol. The smallest absolute Gasteiger partial charge is 0.303 e. The van der Waals surface area contributed by atoms with E-state index in [2.05, 4.69) is 43.9 Å². The van der Waals surface area contributed by atoms with Gasteiger partial charge in [-0.25, -0.2) is 0 Å². The highest BCUT2D eigenvalue weighted by Crippen LogP contribution is 2.29. The van der Waals surface area contributed by atoms with Crippen LogP contribution in [0.4, 0.5) is 0 Å². The monoisotopic (exact) mass is 289 g/mol. The van der Waals surface area contributed by atoms with Gasteiger partial charge >= 0.3 is 5.97 Å². The van der Waals surface area contributed by atoms with Crippen LogP contribution in [0.25, 0.3) is 0 Å². The zero-order valence-electron chi connectivity index (χ0n) is 13.4. The lowest BCUT2D eigenvalue weighted by atomic mass is 9.90. The second-order valence-electron chi connectivity index (χ2n) is 6.43. The Morgan fingerprint density at radius 3 is 2.52 bits per heavy atom. The van der Waals surface area contributed by atoms with Crippen molar-refractivity contribution >= 4 is 5.97 Å². The molecule has 1 aromatic rings. The van der Waals surface area contributed by atoms with Crippen molar-refractivity contribution in [2.45, 2.75) is 52.5 Å². The number of aliphatic carboxylic acids is 1. The van der Waals surface area contributed by atoms with E-state index in [0.717, 1.165) is 32.4 Å². The molecule has 1 atom stereocenters. The number of hydrogen-bond donors (Lipinski definition) is 1. The van der Waals surface area contributed by atoms with Gasteiger partial charge in [0.2, 0.25) is 0 Å². The molecule has 1 aromatic carbocycles. The first kappa shape index (κ1) is 16.0. The molecule has 3 heteroatoms. The first-order valence-electron chi connectivity index (χ1n) is 8.00. The Hall–Kier alpha value is -1.35. The molecule has 2 rings (SSSR count). The number of hydrogen-bond acceptors (Lipinski definition) is 2. The second-order valence-corrected chi connectivity index (χ2v) is 6.43. The Bertz CT molecular complexity index is 490. The predicted octanol–water partition coefficient (Wildman–Crippen LogP) is 3.94. The Morgan fingerprint density at radius 1 is 1.29 bits per heavy atom. The minimum atomic E-state index is -0.666. The fraction of sp³-hybridized carbons (Fsp3) is 0.611. The maximum absolute atomic E-state index is 10.6. The lowest BCUT2D eigenvalue weighted by molar-refractivity contribution is -0.137. The molecule has 0 amide bonds. The number of rotatable bonds is 5. The van der Waals surface area contributed by atoms with Crippen LogP contribution < -0.4 is 0 Å². The van der Waals surface area contributed by atoms with Crippen molar-refractivity contribution in [1.29, 1.82) is 0 Å². The van der Waals surface area contributed by atoms with Gasteiger partial charge in [-0.3, -0.25) is 9.69 Å². The van der Waals surface area contributed by atoms with Gasteiger partial charge in [0, 0.05) is 12.5 Å². The summed E-state index contributed by atoms with van der Waals surface area (Å²) in [7, 11) is 0. The number of nitrogens with zero attached hydrogens (tertiary/aromatic N) is 1. The lowest BCUT2D eigenvalue weighted by Gasteiger charge is -2.36. The van der Waals surface area contributed by atoms with Crippen LogP contribution in [-0.4, -0.2) is 29.1 Å². The number of carboxylic acid groups (broad SMARTS) is 1. The van der Waals surface area contributed by atoms with Crippen molar-refractivity contribution in [1.82, 2.24) is 4.90 Å². The number of carboxylic acids is 1. The van der Waals surface area contributed by atoms with Crippen molar-refractivity contribution in [3.05, 3.63) is 34.9 Å². The average Bonchev–Trinajstić information content (AvgIpc) is 2.48. The van der Waals surface area contributed by atoms with Gasteiger partial charge in [-0.05, 0) is 75.7 Å². The molecule has 1 N–H and O–H groups in total. The topological polar surface area (TPSA) is 40.5 Å². The summed E-state index contributed by atoms with van der Waals surface area (Å²) in [4.78, 5) is 13.2. The van der Waals surface area contributed by atoms with Gasteiger partial charge in [0.15, 0.2) is 0 Å². The van der Waals surface area contributed by atoms with Crippen molar-refractivity contribution < 1.29 is 9.90 Å². The Labute approximate surface area is 128 Å². The summed E-state index contributed by atoms with van der Waals surface area (Å²) in [6.45, 7) is 8.76. The Balaban J connectivity index is 1.89. The van der Waals surface area contributed by atoms with Crippen LogP contribution in [0, 0.1) is 19.8 Å². The minimum Gasteiger partial charge on any atom is -0.481 e. The molecular formula is C18H27NO2. The highest BCUT2D eigenvalue weighted by atomic mass is 16.4. The fourth-order valence-electron chi connectivity index (χ4n) is 3.19. The summed E-state index contributed by atoms with van der Waals surface area (Å²) >= 11 is 0. The number of carbonyl (C=O) groups is 1. The maximum atomic E-state index is 10.6. The average molecular weight is 289 g/mol. The van der Waals surface area contributed by atoms with Crippen LogP contribution >= 0.6 is 0 Å². The molecule has 1 aliphatic rings. The number of benzene rings is 1. The molecule has 1 heterocycles. The standard InChI is InChI=1S/C18H27NO2/c1-13-4-6-17(12-14(13)2)15(3)19-10-8-16(9-11-19)5-7-18(20)21/h4,6,12,15-16H,5,7-11H2,1-3H3,(H,20,21). The molecular weight excluding hydrogens is 262 g/mol. The third-order valence-corrected chi connectivity index (χ3v) is 4.98. The zero-order valence-corrected chi connectivity index (χ0v) is 13.4. The highest BCUT2D eigenvalue weighted by molar-refractivity contribution is 5.66. The van der Waals surface area contributed by atoms with Gasteiger partial charge in [-0.15, -0.1) is 0 Å². The third kappa shape index (κ3) is 4.31. The molecule has 1 saturated heterocycles. The number of aryl methyl sites for hydroxylation is 2. The van der Waals surface area contributed by atoms with E-state index >= 15 is 0 Å². The summed E-state index contributed by atoms with van der Waals surface area (Å²) in [6.07, 6.45) is 3.41. The van der Waals surface area contributed by atoms with E-state index in [1.165, 1.54) is 16.7 Å². The van der Waals surface area contributed by atoms with Crippen LogP contribution in [0.2, 0.25) is 0 Å². The largest absolute Gasteiger partial charge is 0.481 e. The molecule has 1 fully saturated rings. The van der Waals surface area contributed by atoms with Crippen molar-refractivity contribution in [2.24, 2.45) is 5.92 Å². The van der Waals surface area contributed by atoms with Crippen LogP contribution in [-0.2, 0) is 4.79 Å². The van der Waals surface area contributed by atoms with Gasteiger partial charge in [0.25, 0.3) is 0 Å². The normalized spacial score (nSPS) is 18.6. The zero-order chi connectivity index (χ0) is 15.4. The van der Waals surface area contributed by atoms with E-state index < -0.39 is 5.97 Å². The van der Waals surface area contributed by atoms with Crippen LogP contribution in [0.5, 0.6) is 0 Å². The maximum Gasteiger partial charge on any atom is 0.303 e. The van der Waals surface area contributed by atoms with Gasteiger partial charge in [0.1, 0.15) is 0 Å². The molecule has 0 spiro atoms. The van der Waals surface area contributed by atoms with Gasteiger partial charge in [-0.2, -0.15) is 0 Å². The molecule has 0 aliphatic carbocycles. The third-order valence-electron chi connectivity index (χ3n) is 4.98. The first-order chi connectivity index (χ1) is 9.97. The SMILES string of the molecule is Cc1ccc(C(C)N2CCC(CCC(=O)O)CC2)cc1C. The van der Waals surface area contributed by atoms with E-state index in [1.807, 2.05) is 0 Å². The van der Waals surface area contributed by atoms with E-state index in [4.69, 9.17) is 5.11 Å². The fourth-order valence-corrected chi connectivity index (χ4v) is 3.19. The summed E-state index contributed by atoms with van der Waals surface area (Å²) < 4.78 is 0. The first-order valence-corrected chi connectivity index (χ1v) is 8.00. The van der Waals surface area contributed by atoms with Crippen LogP contribution in [0.3, 0.4) is 0 Å². The molecule has 1 unspecified atom stereocenters. The molecule has 116 valence electrons. The van der Waals surface area contributed by atoms with Crippen molar-refractivity contribution in [3.63, 3.8) is 0 Å². The summed E-state index contributed by atoms with van der Waals surface area (Å²) in [5.74, 6) is -0.0785. The molecule has 1 aliphatic heterocycles. The Morgan fingerprint density at radius 2 is 1.95 bits per heavy atom. The quantitative estimate of drug-likeness (QED) is 0.892. The van der Waals surface area contributed by atoms with Crippen molar-refractivity contribution in [2.75, 3.05) is 13.1 Å². The minimum absolute atomic E-state index is 0.317. The summed E-state index contributed by atoms with van der Waals surface area (Å²) in [6, 6.07) is 7.20. The Kier molecular flexibility index (Phi) is 5.40. The second kappa shape index (κ2) is 7.08. The number of likely N-dealkylation sites (tertiary alicyclic amines) is 1. The van der Waals surface area contributed by atoms with E-state index in [0.29, 0.717) is 18.4 Å². The lowest BCUT2D eigenvalue weighted by Crippen LogP contribution is -2.35. The van der Waals surface area contributed by atoms with Gasteiger partial charge in [0.05, 0.1) is 0 Å². The summed E-state index contributed by atoms with van der Waals surface area (Å²) in [5, 5.41) is 8.77. The van der Waals surface area contributed by atoms with E-state index in [1.54, 1.807) is 0 Å². The highest BCUT2D eigenvalue weighted by Gasteiger charge is 2.23. The van der Waals surface area contributed by atoms with Crippen LogP contribution in [0.15, 0.2) is 18.2 Å². The number of piperidine rings is 1. The van der Waals surface area contributed by atoms with Gasteiger partial charge < -0.3 is 5.11 Å². The van der Waals surface area contributed by atoms with Gasteiger partial charge in [-0.1, -0.05) is 18.2 Å². The summed E-state index contributed by atoms with van der Waals surface area (Å²) in [5.41, 5.74) is 4.09. The molecule has 21 heavy (non-hydrogen) atoms.